The van der Waals surface area contributed by atoms with Crippen LogP contribution >= 0.6 is 0 Å². The van der Waals surface area contributed by atoms with Crippen LogP contribution in [0.4, 0.5) is 8.78 Å². The van der Waals surface area contributed by atoms with Gasteiger partial charge in [0.2, 0.25) is 5.90 Å². The van der Waals surface area contributed by atoms with Crippen LogP contribution in [0.25, 0.3) is 11.1 Å². The Hall–Kier alpha value is -2.23. The third-order valence-corrected chi connectivity index (χ3v) is 8.86. The number of hydrogen-bond acceptors (Lipinski definition) is 2. The molecule has 36 heavy (non-hydrogen) atoms. The summed E-state index contributed by atoms with van der Waals surface area (Å²) < 4.78 is 36.3. The van der Waals surface area contributed by atoms with Crippen molar-refractivity contribution in [1.82, 2.24) is 0 Å². The van der Waals surface area contributed by atoms with Gasteiger partial charge in [0.1, 0.15) is 18.2 Å². The van der Waals surface area contributed by atoms with Crippen LogP contribution in [0.3, 0.4) is 0 Å². The Kier molecular flexibility index (Phi) is 7.51. The zero-order chi connectivity index (χ0) is 25.3. The number of fused-ring (bicyclic) bond motifs is 1. The van der Waals surface area contributed by atoms with Crippen LogP contribution in [-0.4, -0.2) is 18.0 Å². The van der Waals surface area contributed by atoms with Crippen LogP contribution in [0.2, 0.25) is 0 Å². The van der Waals surface area contributed by atoms with E-state index in [1.807, 2.05) is 26.0 Å². The van der Waals surface area contributed by atoms with E-state index in [-0.39, 0.29) is 17.0 Å². The SMILES string of the molecule is CCCCCC1CC[C@@H]2C[C@H](c3cc(F)c(-c4ccc(C5=NC(C)(C)CO5)cc4)c(F)c3)CC[C@@H]2C1. The predicted octanol–water partition coefficient (Wildman–Crippen LogP) is 9.07. The molecule has 0 radical (unpaired) electrons. The summed E-state index contributed by atoms with van der Waals surface area (Å²) in [6, 6.07) is 10.4. The van der Waals surface area contributed by atoms with E-state index in [1.54, 1.807) is 24.3 Å². The van der Waals surface area contributed by atoms with E-state index in [4.69, 9.17) is 4.74 Å². The molecule has 2 aliphatic carbocycles. The highest BCUT2D eigenvalue weighted by Gasteiger charge is 2.36. The minimum Gasteiger partial charge on any atom is -0.475 e. The number of nitrogens with zero attached hydrogens (tertiary/aromatic N) is 1. The maximum atomic E-state index is 15.3. The Bertz CT molecular complexity index is 1070. The Labute approximate surface area is 215 Å². The fraction of sp³-hybridized carbons (Fsp3) is 0.594. The van der Waals surface area contributed by atoms with Crippen molar-refractivity contribution in [3.05, 3.63) is 59.2 Å². The molecule has 4 atom stereocenters. The van der Waals surface area contributed by atoms with Crippen molar-refractivity contribution in [2.24, 2.45) is 22.7 Å². The summed E-state index contributed by atoms with van der Waals surface area (Å²) in [7, 11) is 0. The molecule has 0 amide bonds. The van der Waals surface area contributed by atoms with E-state index in [0.29, 0.717) is 18.1 Å². The molecule has 2 nitrogen and oxygen atoms in total. The van der Waals surface area contributed by atoms with Crippen molar-refractivity contribution in [1.29, 1.82) is 0 Å². The lowest BCUT2D eigenvalue weighted by Gasteiger charge is -2.42. The van der Waals surface area contributed by atoms with Gasteiger partial charge in [-0.05, 0) is 105 Å². The van der Waals surface area contributed by atoms with Gasteiger partial charge in [0.25, 0.3) is 0 Å². The van der Waals surface area contributed by atoms with Crippen LogP contribution in [0.15, 0.2) is 41.4 Å². The summed E-state index contributed by atoms with van der Waals surface area (Å²) in [5.41, 5.74) is 2.03. The second kappa shape index (κ2) is 10.6. The first kappa shape index (κ1) is 25.4. The zero-order valence-corrected chi connectivity index (χ0v) is 22.2. The average molecular weight is 494 g/mol. The van der Waals surface area contributed by atoms with Gasteiger partial charge < -0.3 is 4.74 Å². The molecule has 1 heterocycles. The number of hydrogen-bond donors (Lipinski definition) is 0. The maximum absolute atomic E-state index is 15.3. The molecule has 2 fully saturated rings. The summed E-state index contributed by atoms with van der Waals surface area (Å²) in [5.74, 6) is 2.36. The van der Waals surface area contributed by atoms with Crippen LogP contribution in [0.1, 0.15) is 102 Å². The molecule has 2 aromatic carbocycles. The molecule has 0 aromatic heterocycles. The standard InChI is InChI=1S/C32H41F2NO/c1-4-5-6-7-21-8-9-25-17-26(15-14-24(25)16-21)27-18-28(33)30(29(34)19-27)22-10-12-23(13-11-22)31-35-32(2,3)20-36-31/h10-13,18-19,21,24-26H,4-9,14-17,20H2,1-3H3/t21?,24-,25-,26-/m1/s1. The molecule has 0 saturated heterocycles. The summed E-state index contributed by atoms with van der Waals surface area (Å²) in [6.07, 6.45) is 12.7. The van der Waals surface area contributed by atoms with Crippen molar-refractivity contribution in [2.75, 3.05) is 6.61 Å². The van der Waals surface area contributed by atoms with Crippen LogP contribution in [0.5, 0.6) is 0 Å². The van der Waals surface area contributed by atoms with Crippen LogP contribution in [0, 0.1) is 29.4 Å². The highest BCUT2D eigenvalue weighted by molar-refractivity contribution is 5.95. The smallest absolute Gasteiger partial charge is 0.216 e. The van der Waals surface area contributed by atoms with Gasteiger partial charge in [0.15, 0.2) is 0 Å². The maximum Gasteiger partial charge on any atom is 0.216 e. The molecule has 194 valence electrons. The lowest BCUT2D eigenvalue weighted by atomic mass is 9.63. The van der Waals surface area contributed by atoms with E-state index in [9.17, 15) is 0 Å². The molecule has 3 aliphatic rings. The Morgan fingerprint density at radius 2 is 1.56 bits per heavy atom. The lowest BCUT2D eigenvalue weighted by Crippen LogP contribution is -2.30. The molecule has 0 bridgehead atoms. The molecule has 2 aromatic rings. The summed E-state index contributed by atoms with van der Waals surface area (Å²) in [4.78, 5) is 4.59. The molecule has 2 saturated carbocycles. The van der Waals surface area contributed by atoms with Crippen molar-refractivity contribution in [2.45, 2.75) is 96.4 Å². The van der Waals surface area contributed by atoms with Gasteiger partial charge in [-0.3, -0.25) is 0 Å². The van der Waals surface area contributed by atoms with Gasteiger partial charge in [-0.25, -0.2) is 13.8 Å². The number of unbranched alkanes of at least 4 members (excludes halogenated alkanes) is 2. The van der Waals surface area contributed by atoms with Gasteiger partial charge in [0.05, 0.1) is 11.1 Å². The van der Waals surface area contributed by atoms with Crippen LogP contribution in [-0.2, 0) is 4.74 Å². The fourth-order valence-electron chi connectivity index (χ4n) is 6.85. The summed E-state index contributed by atoms with van der Waals surface area (Å²) in [6.45, 7) is 6.85. The first-order valence-corrected chi connectivity index (χ1v) is 14.2. The molecule has 0 N–H and O–H groups in total. The van der Waals surface area contributed by atoms with Gasteiger partial charge in [-0.2, -0.15) is 0 Å². The zero-order valence-electron chi connectivity index (χ0n) is 22.2. The Morgan fingerprint density at radius 1 is 0.889 bits per heavy atom. The number of aliphatic imine (C=N–C) groups is 1. The van der Waals surface area contributed by atoms with Crippen molar-refractivity contribution >= 4 is 5.90 Å². The number of rotatable bonds is 7. The van der Waals surface area contributed by atoms with Crippen LogP contribution < -0.4 is 0 Å². The van der Waals surface area contributed by atoms with Gasteiger partial charge >= 0.3 is 0 Å². The predicted molar refractivity (Wildman–Crippen MR) is 143 cm³/mol. The molecule has 5 rings (SSSR count). The molecule has 4 heteroatoms. The summed E-state index contributed by atoms with van der Waals surface area (Å²) >= 11 is 0. The van der Waals surface area contributed by atoms with E-state index < -0.39 is 11.6 Å². The second-order valence-corrected chi connectivity index (χ2v) is 12.2. The highest BCUT2D eigenvalue weighted by Crippen LogP contribution is 2.49. The van der Waals surface area contributed by atoms with E-state index in [2.05, 4.69) is 11.9 Å². The molecular weight excluding hydrogens is 452 g/mol. The van der Waals surface area contributed by atoms with Crippen molar-refractivity contribution in [3.63, 3.8) is 0 Å². The number of benzene rings is 2. The van der Waals surface area contributed by atoms with Gasteiger partial charge in [-0.1, -0.05) is 51.2 Å². The van der Waals surface area contributed by atoms with E-state index in [1.165, 1.54) is 51.4 Å². The van der Waals surface area contributed by atoms with Crippen molar-refractivity contribution < 1.29 is 13.5 Å². The quantitative estimate of drug-likeness (QED) is 0.353. The molecule has 0 spiro atoms. The average Bonchev–Trinajstić information content (AvgIpc) is 3.23. The normalized spacial score (nSPS) is 27.3. The van der Waals surface area contributed by atoms with Crippen molar-refractivity contribution in [3.8, 4) is 11.1 Å². The fourth-order valence-corrected chi connectivity index (χ4v) is 6.85. The molecular formula is C32H41F2NO. The minimum atomic E-state index is -0.463. The summed E-state index contributed by atoms with van der Waals surface area (Å²) in [5, 5.41) is 0. The number of ether oxygens (including phenoxy) is 1. The largest absolute Gasteiger partial charge is 0.475 e. The third kappa shape index (κ3) is 5.53. The topological polar surface area (TPSA) is 21.6 Å². The molecule has 1 aliphatic heterocycles. The van der Waals surface area contributed by atoms with E-state index in [0.717, 1.165) is 41.7 Å². The first-order chi connectivity index (χ1) is 17.3. The van der Waals surface area contributed by atoms with Gasteiger partial charge in [0, 0.05) is 5.56 Å². The lowest BCUT2D eigenvalue weighted by molar-refractivity contribution is 0.113. The Morgan fingerprint density at radius 3 is 2.22 bits per heavy atom. The van der Waals surface area contributed by atoms with E-state index >= 15 is 8.78 Å². The third-order valence-electron chi connectivity index (χ3n) is 8.86. The minimum absolute atomic E-state index is 0.0567. The highest BCUT2D eigenvalue weighted by atomic mass is 19.1. The monoisotopic (exact) mass is 493 g/mol. The number of halogens is 2. The Balaban J connectivity index is 1.26. The van der Waals surface area contributed by atoms with Gasteiger partial charge in [-0.15, -0.1) is 0 Å². The first-order valence-electron chi connectivity index (χ1n) is 14.2. The molecule has 1 unspecified atom stereocenters. The second-order valence-electron chi connectivity index (χ2n) is 12.2.